The van der Waals surface area contributed by atoms with Crippen LogP contribution in [0.2, 0.25) is 0 Å². The highest BCUT2D eigenvalue weighted by Crippen LogP contribution is 2.33. The van der Waals surface area contributed by atoms with Crippen molar-refractivity contribution in [3.05, 3.63) is 47.3 Å². The number of nitrogens with zero attached hydrogens (tertiary/aromatic N) is 7. The quantitative estimate of drug-likeness (QED) is 0.559. The summed E-state index contributed by atoms with van der Waals surface area (Å²) < 4.78 is 41.2. The van der Waals surface area contributed by atoms with Gasteiger partial charge < -0.3 is 15.1 Å². The molecule has 200 valence electrons. The summed E-state index contributed by atoms with van der Waals surface area (Å²) in [6, 6.07) is 12.2. The van der Waals surface area contributed by atoms with Crippen LogP contribution in [0.4, 0.5) is 24.8 Å². The Kier molecular flexibility index (Phi) is 8.64. The first kappa shape index (κ1) is 27.1. The third-order valence-electron chi connectivity index (χ3n) is 6.83. The number of carbonyl (C=O) groups excluding carboxylic acids is 1. The van der Waals surface area contributed by atoms with Crippen molar-refractivity contribution in [2.45, 2.75) is 37.9 Å². The second-order valence-electron chi connectivity index (χ2n) is 9.34. The van der Waals surface area contributed by atoms with Gasteiger partial charge in [0, 0.05) is 58.3 Å². The van der Waals surface area contributed by atoms with Crippen LogP contribution in [0.25, 0.3) is 0 Å². The van der Waals surface area contributed by atoms with Gasteiger partial charge in [-0.25, -0.2) is 9.97 Å². The number of aromatic nitrogens is 2. The number of amides is 1. The first-order valence-electron chi connectivity index (χ1n) is 12.6. The van der Waals surface area contributed by atoms with E-state index in [9.17, 15) is 18.0 Å². The van der Waals surface area contributed by atoms with Crippen LogP contribution in [0, 0.1) is 22.7 Å². The van der Waals surface area contributed by atoms with Crippen LogP contribution in [0.5, 0.6) is 0 Å². The van der Waals surface area contributed by atoms with Crippen LogP contribution < -0.4 is 15.1 Å². The Morgan fingerprint density at radius 1 is 1.05 bits per heavy atom. The molecule has 2 saturated heterocycles. The highest BCUT2D eigenvalue weighted by Gasteiger charge is 2.38. The van der Waals surface area contributed by atoms with Crippen LogP contribution in [-0.2, 0) is 17.4 Å². The van der Waals surface area contributed by atoms with Crippen molar-refractivity contribution in [1.82, 2.24) is 20.2 Å². The molecule has 0 aliphatic carbocycles. The van der Waals surface area contributed by atoms with Crippen molar-refractivity contribution in [3.63, 3.8) is 0 Å². The molecule has 1 aromatic carbocycles. The SMILES string of the molecule is N#CCCN1CCN(c2cc(N3CCCC3C(=O)NCCc3ccc(C#N)cc3)nc(C(F)(F)F)n2)CC1. The summed E-state index contributed by atoms with van der Waals surface area (Å²) in [7, 11) is 0. The Morgan fingerprint density at radius 3 is 2.42 bits per heavy atom. The van der Waals surface area contributed by atoms with Gasteiger partial charge in [-0.3, -0.25) is 9.69 Å². The van der Waals surface area contributed by atoms with E-state index in [0.717, 1.165) is 5.56 Å². The molecule has 0 radical (unpaired) electrons. The lowest BCUT2D eigenvalue weighted by Crippen LogP contribution is -2.47. The van der Waals surface area contributed by atoms with E-state index in [2.05, 4.69) is 32.3 Å². The fraction of sp³-hybridized carbons (Fsp3) is 0.500. The first-order valence-corrected chi connectivity index (χ1v) is 12.6. The van der Waals surface area contributed by atoms with Gasteiger partial charge in [-0.1, -0.05) is 12.1 Å². The highest BCUT2D eigenvalue weighted by molar-refractivity contribution is 5.85. The van der Waals surface area contributed by atoms with Crippen molar-refractivity contribution in [3.8, 4) is 12.1 Å². The zero-order chi connectivity index (χ0) is 27.1. The van der Waals surface area contributed by atoms with Crippen molar-refractivity contribution < 1.29 is 18.0 Å². The molecule has 1 atom stereocenters. The van der Waals surface area contributed by atoms with E-state index in [1.54, 1.807) is 28.0 Å². The molecule has 0 bridgehead atoms. The molecule has 0 saturated carbocycles. The summed E-state index contributed by atoms with van der Waals surface area (Å²) in [4.78, 5) is 26.2. The van der Waals surface area contributed by atoms with Crippen molar-refractivity contribution >= 4 is 17.5 Å². The summed E-state index contributed by atoms with van der Waals surface area (Å²) >= 11 is 0. The maximum absolute atomic E-state index is 13.7. The second-order valence-corrected chi connectivity index (χ2v) is 9.34. The van der Waals surface area contributed by atoms with E-state index in [1.807, 2.05) is 12.1 Å². The fourth-order valence-corrected chi connectivity index (χ4v) is 4.77. The maximum Gasteiger partial charge on any atom is 0.451 e. The van der Waals surface area contributed by atoms with Gasteiger partial charge in [-0.15, -0.1) is 0 Å². The van der Waals surface area contributed by atoms with Crippen LogP contribution >= 0.6 is 0 Å². The van der Waals surface area contributed by atoms with Gasteiger partial charge in [-0.05, 0) is 37.0 Å². The normalized spacial score (nSPS) is 18.2. The lowest BCUT2D eigenvalue weighted by atomic mass is 10.1. The summed E-state index contributed by atoms with van der Waals surface area (Å²) in [6.45, 7) is 3.63. The number of piperazine rings is 1. The number of nitriles is 2. The van der Waals surface area contributed by atoms with Crippen LogP contribution in [0.15, 0.2) is 30.3 Å². The van der Waals surface area contributed by atoms with Gasteiger partial charge in [0.05, 0.1) is 17.7 Å². The number of hydrogen-bond donors (Lipinski definition) is 1. The largest absolute Gasteiger partial charge is 0.451 e. The minimum absolute atomic E-state index is 0.0963. The Morgan fingerprint density at radius 2 is 1.76 bits per heavy atom. The number of anilines is 2. The molecule has 12 heteroatoms. The topological polar surface area (TPSA) is 112 Å². The predicted molar refractivity (Wildman–Crippen MR) is 134 cm³/mol. The van der Waals surface area contributed by atoms with Crippen LogP contribution in [-0.4, -0.2) is 72.6 Å². The molecular formula is C26H29F3N8O. The second kappa shape index (κ2) is 12.1. The van der Waals surface area contributed by atoms with Crippen LogP contribution in [0.3, 0.4) is 0 Å². The zero-order valence-electron chi connectivity index (χ0n) is 20.9. The zero-order valence-corrected chi connectivity index (χ0v) is 20.9. The average Bonchev–Trinajstić information content (AvgIpc) is 3.42. The molecule has 0 spiro atoms. The molecule has 2 aromatic rings. The van der Waals surface area contributed by atoms with Gasteiger partial charge in [0.15, 0.2) is 0 Å². The number of nitrogens with one attached hydrogen (secondary N) is 1. The summed E-state index contributed by atoms with van der Waals surface area (Å²) in [5.41, 5.74) is 1.53. The summed E-state index contributed by atoms with van der Waals surface area (Å²) in [5, 5.41) is 20.6. The molecule has 3 heterocycles. The molecule has 2 aliphatic rings. The lowest BCUT2D eigenvalue weighted by Gasteiger charge is -2.35. The smallest absolute Gasteiger partial charge is 0.354 e. The Bertz CT molecular complexity index is 1200. The molecular weight excluding hydrogens is 497 g/mol. The molecule has 1 unspecified atom stereocenters. The molecule has 2 aliphatic heterocycles. The summed E-state index contributed by atoms with van der Waals surface area (Å²) in [6.07, 6.45) is -2.58. The first-order chi connectivity index (χ1) is 18.3. The van der Waals surface area contributed by atoms with Gasteiger partial charge >= 0.3 is 6.18 Å². The standard InChI is InChI=1S/C26H29F3N8O/c27-26(28,29)25-33-22(36-15-13-35(14-16-36)11-2-9-30)17-23(34-25)37-12-1-3-21(37)24(38)32-10-8-19-4-6-20(18-31)7-5-19/h4-7,17,21H,1-3,8,10-16H2,(H,32,38). The molecule has 4 rings (SSSR count). The Labute approximate surface area is 219 Å². The van der Waals surface area contributed by atoms with E-state index >= 15 is 0 Å². The number of benzene rings is 1. The van der Waals surface area contributed by atoms with Crippen molar-refractivity contribution in [2.24, 2.45) is 0 Å². The Balaban J connectivity index is 1.45. The van der Waals surface area contributed by atoms with E-state index in [4.69, 9.17) is 10.5 Å². The molecule has 38 heavy (non-hydrogen) atoms. The minimum atomic E-state index is -4.72. The van der Waals surface area contributed by atoms with E-state index in [0.29, 0.717) is 77.1 Å². The number of hydrogen-bond acceptors (Lipinski definition) is 8. The monoisotopic (exact) mass is 526 g/mol. The van der Waals surface area contributed by atoms with E-state index in [1.165, 1.54) is 0 Å². The van der Waals surface area contributed by atoms with Gasteiger partial charge in [-0.2, -0.15) is 23.7 Å². The van der Waals surface area contributed by atoms with E-state index < -0.39 is 18.0 Å². The molecule has 1 N–H and O–H groups in total. The Hall–Kier alpha value is -3.90. The number of halogens is 3. The molecule has 1 aromatic heterocycles. The molecule has 9 nitrogen and oxygen atoms in total. The van der Waals surface area contributed by atoms with Gasteiger partial charge in [0.1, 0.15) is 17.7 Å². The lowest BCUT2D eigenvalue weighted by molar-refractivity contribution is -0.144. The minimum Gasteiger partial charge on any atom is -0.354 e. The summed E-state index contributed by atoms with van der Waals surface area (Å²) in [5.74, 6) is -1.19. The van der Waals surface area contributed by atoms with E-state index in [-0.39, 0.29) is 17.5 Å². The van der Waals surface area contributed by atoms with Gasteiger partial charge in [0.25, 0.3) is 0 Å². The molecule has 2 fully saturated rings. The average molecular weight is 527 g/mol. The third-order valence-corrected chi connectivity index (χ3v) is 6.83. The van der Waals surface area contributed by atoms with Gasteiger partial charge in [0.2, 0.25) is 11.7 Å². The van der Waals surface area contributed by atoms with Crippen molar-refractivity contribution in [2.75, 3.05) is 55.6 Å². The number of carbonyl (C=O) groups is 1. The highest BCUT2D eigenvalue weighted by atomic mass is 19.4. The van der Waals surface area contributed by atoms with Crippen LogP contribution in [0.1, 0.15) is 36.2 Å². The fourth-order valence-electron chi connectivity index (χ4n) is 4.77. The molecule has 1 amide bonds. The maximum atomic E-state index is 13.7. The van der Waals surface area contributed by atoms with Crippen molar-refractivity contribution in [1.29, 1.82) is 10.5 Å². The number of rotatable bonds is 8. The number of alkyl halides is 3. The third kappa shape index (κ3) is 6.69. The predicted octanol–water partition coefficient (Wildman–Crippen LogP) is 2.73.